The van der Waals surface area contributed by atoms with Crippen LogP contribution in [-0.2, 0) is 22.4 Å². The molecule has 1 aromatic rings. The van der Waals surface area contributed by atoms with Crippen molar-refractivity contribution in [3.63, 3.8) is 0 Å². The zero-order valence-corrected chi connectivity index (χ0v) is 12.0. The lowest BCUT2D eigenvalue weighted by atomic mass is 10.1. The zero-order chi connectivity index (χ0) is 14.8. The van der Waals surface area contributed by atoms with Crippen LogP contribution in [0.25, 0.3) is 0 Å². The van der Waals surface area contributed by atoms with Crippen molar-refractivity contribution in [1.29, 1.82) is 0 Å². The number of ether oxygens (including phenoxy) is 1. The fourth-order valence-electron chi connectivity index (χ4n) is 2.14. The Hall–Kier alpha value is -2.04. The first-order valence-electron chi connectivity index (χ1n) is 6.67. The van der Waals surface area contributed by atoms with E-state index >= 15 is 0 Å². The number of hydroxylamine groups is 1. The Morgan fingerprint density at radius 3 is 2.55 bits per heavy atom. The summed E-state index contributed by atoms with van der Waals surface area (Å²) < 4.78 is 4.97. The second-order valence-electron chi connectivity index (χ2n) is 5.83. The Kier molecular flexibility index (Phi) is 3.97. The molecule has 0 aliphatic heterocycles. The Balaban J connectivity index is 1.91. The van der Waals surface area contributed by atoms with Gasteiger partial charge >= 0.3 is 12.1 Å². The average molecular weight is 277 g/mol. The van der Waals surface area contributed by atoms with Crippen molar-refractivity contribution in [2.24, 2.45) is 0 Å². The van der Waals surface area contributed by atoms with E-state index in [1.807, 2.05) is 17.6 Å². The molecular weight excluding hydrogens is 258 g/mol. The van der Waals surface area contributed by atoms with Gasteiger partial charge in [0.25, 0.3) is 0 Å². The van der Waals surface area contributed by atoms with Crippen molar-refractivity contribution in [3.8, 4) is 0 Å². The molecule has 0 heterocycles. The van der Waals surface area contributed by atoms with Gasteiger partial charge < -0.3 is 9.57 Å². The first-order chi connectivity index (χ1) is 9.35. The average Bonchev–Trinajstić information content (AvgIpc) is 2.80. The molecule has 1 aliphatic carbocycles. The summed E-state index contributed by atoms with van der Waals surface area (Å²) in [7, 11) is 0. The van der Waals surface area contributed by atoms with Crippen molar-refractivity contribution in [2.75, 3.05) is 0 Å². The van der Waals surface area contributed by atoms with Crippen LogP contribution in [0.1, 0.15) is 48.7 Å². The highest BCUT2D eigenvalue weighted by molar-refractivity contribution is 5.90. The molecule has 5 nitrogen and oxygen atoms in total. The van der Waals surface area contributed by atoms with Crippen LogP contribution < -0.4 is 5.48 Å². The van der Waals surface area contributed by atoms with Gasteiger partial charge in [0, 0.05) is 0 Å². The van der Waals surface area contributed by atoms with Crippen molar-refractivity contribution < 1.29 is 19.2 Å². The summed E-state index contributed by atoms with van der Waals surface area (Å²) in [5.74, 6) is -0.592. The zero-order valence-electron chi connectivity index (χ0n) is 12.0. The van der Waals surface area contributed by atoms with E-state index in [1.54, 1.807) is 26.8 Å². The number of hydrogen-bond acceptors (Lipinski definition) is 4. The van der Waals surface area contributed by atoms with Gasteiger partial charge in [-0.1, -0.05) is 6.07 Å². The molecule has 20 heavy (non-hydrogen) atoms. The van der Waals surface area contributed by atoms with E-state index in [0.29, 0.717) is 5.56 Å². The SMILES string of the molecule is CC(C)(C)OC(=O)NOC(=O)c1ccc2c(c1)CCC2. The minimum Gasteiger partial charge on any atom is -0.442 e. The van der Waals surface area contributed by atoms with Gasteiger partial charge in [0.1, 0.15) is 5.60 Å². The molecule has 1 aliphatic rings. The van der Waals surface area contributed by atoms with E-state index in [4.69, 9.17) is 9.57 Å². The van der Waals surface area contributed by atoms with E-state index in [1.165, 1.54) is 11.1 Å². The number of carbonyl (C=O) groups excluding carboxylic acids is 2. The third kappa shape index (κ3) is 3.73. The lowest BCUT2D eigenvalue weighted by Crippen LogP contribution is -2.34. The van der Waals surface area contributed by atoms with Crippen LogP contribution in [0.2, 0.25) is 0 Å². The van der Waals surface area contributed by atoms with Crippen LogP contribution in [0.5, 0.6) is 0 Å². The van der Waals surface area contributed by atoms with Crippen LogP contribution in [0.4, 0.5) is 4.79 Å². The number of fused-ring (bicyclic) bond motifs is 1. The number of rotatable bonds is 1. The van der Waals surface area contributed by atoms with Gasteiger partial charge in [0.2, 0.25) is 0 Å². The molecule has 2 rings (SSSR count). The maximum absolute atomic E-state index is 11.8. The van der Waals surface area contributed by atoms with Crippen molar-refractivity contribution in [1.82, 2.24) is 5.48 Å². The lowest BCUT2D eigenvalue weighted by Gasteiger charge is -2.19. The van der Waals surface area contributed by atoms with Gasteiger partial charge in [-0.15, -0.1) is 5.48 Å². The van der Waals surface area contributed by atoms with E-state index in [2.05, 4.69) is 0 Å². The van der Waals surface area contributed by atoms with Crippen LogP contribution in [0.15, 0.2) is 18.2 Å². The summed E-state index contributed by atoms with van der Waals surface area (Å²) in [4.78, 5) is 27.9. The Morgan fingerprint density at radius 1 is 1.15 bits per heavy atom. The molecule has 1 aromatic carbocycles. The molecule has 0 atom stereocenters. The third-order valence-electron chi connectivity index (χ3n) is 2.96. The van der Waals surface area contributed by atoms with Gasteiger partial charge in [0.05, 0.1) is 5.56 Å². The van der Waals surface area contributed by atoms with E-state index < -0.39 is 17.7 Å². The first-order valence-corrected chi connectivity index (χ1v) is 6.67. The first kappa shape index (κ1) is 14.4. The predicted octanol–water partition coefficient (Wildman–Crippen LogP) is 2.77. The van der Waals surface area contributed by atoms with Gasteiger partial charge in [-0.2, -0.15) is 0 Å². The predicted molar refractivity (Wildman–Crippen MR) is 73.3 cm³/mol. The van der Waals surface area contributed by atoms with Crippen molar-refractivity contribution in [2.45, 2.75) is 45.6 Å². The van der Waals surface area contributed by atoms with E-state index in [-0.39, 0.29) is 0 Å². The van der Waals surface area contributed by atoms with Gasteiger partial charge in [-0.25, -0.2) is 9.59 Å². The second-order valence-corrected chi connectivity index (χ2v) is 5.83. The molecule has 0 saturated heterocycles. The highest BCUT2D eigenvalue weighted by Crippen LogP contribution is 2.23. The summed E-state index contributed by atoms with van der Waals surface area (Å²) in [5.41, 5.74) is 4.25. The fraction of sp³-hybridized carbons (Fsp3) is 0.467. The largest absolute Gasteiger partial charge is 0.442 e. The maximum atomic E-state index is 11.8. The number of aryl methyl sites for hydroxylation is 2. The number of benzene rings is 1. The van der Waals surface area contributed by atoms with Gasteiger partial charge in [0.15, 0.2) is 0 Å². The van der Waals surface area contributed by atoms with Gasteiger partial charge in [-0.05, 0) is 63.3 Å². The van der Waals surface area contributed by atoms with E-state index in [9.17, 15) is 9.59 Å². The molecule has 108 valence electrons. The number of hydrogen-bond donors (Lipinski definition) is 1. The van der Waals surface area contributed by atoms with Gasteiger partial charge in [-0.3, -0.25) is 0 Å². The van der Waals surface area contributed by atoms with Crippen LogP contribution in [-0.4, -0.2) is 17.7 Å². The molecule has 0 saturated carbocycles. The van der Waals surface area contributed by atoms with E-state index in [0.717, 1.165) is 19.3 Å². The second kappa shape index (κ2) is 5.53. The highest BCUT2D eigenvalue weighted by Gasteiger charge is 2.19. The minimum absolute atomic E-state index is 0.432. The molecule has 0 bridgehead atoms. The molecule has 1 amide bonds. The molecule has 1 N–H and O–H groups in total. The maximum Gasteiger partial charge on any atom is 0.441 e. The summed E-state index contributed by atoms with van der Waals surface area (Å²) in [6.07, 6.45) is 2.37. The summed E-state index contributed by atoms with van der Waals surface area (Å²) in [6, 6.07) is 5.47. The Labute approximate surface area is 118 Å². The Morgan fingerprint density at radius 2 is 1.85 bits per heavy atom. The topological polar surface area (TPSA) is 64.6 Å². The van der Waals surface area contributed by atoms with Crippen LogP contribution in [0, 0.1) is 0 Å². The number of amides is 1. The molecule has 0 spiro atoms. The standard InChI is InChI=1S/C15H19NO4/c1-15(2,3)19-14(18)16-20-13(17)12-8-7-10-5-4-6-11(10)9-12/h7-9H,4-6H2,1-3H3,(H,16,18). The van der Waals surface area contributed by atoms with Crippen LogP contribution in [0.3, 0.4) is 0 Å². The molecule has 0 radical (unpaired) electrons. The summed E-state index contributed by atoms with van der Waals surface area (Å²) in [5, 5.41) is 0. The Bertz CT molecular complexity index is 531. The highest BCUT2D eigenvalue weighted by atomic mass is 16.7. The monoisotopic (exact) mass is 277 g/mol. The third-order valence-corrected chi connectivity index (χ3v) is 2.96. The molecule has 0 unspecified atom stereocenters. The van der Waals surface area contributed by atoms with Crippen LogP contribution >= 0.6 is 0 Å². The number of carbonyl (C=O) groups is 2. The molecule has 0 fully saturated rings. The normalized spacial score (nSPS) is 13.6. The minimum atomic E-state index is -0.785. The van der Waals surface area contributed by atoms with Crippen molar-refractivity contribution >= 4 is 12.1 Å². The molecular formula is C15H19NO4. The molecule has 5 heteroatoms. The lowest BCUT2D eigenvalue weighted by molar-refractivity contribution is -0.00130. The molecule has 0 aromatic heterocycles. The van der Waals surface area contributed by atoms with Crippen molar-refractivity contribution in [3.05, 3.63) is 34.9 Å². The fourth-order valence-corrected chi connectivity index (χ4v) is 2.14. The summed E-state index contributed by atoms with van der Waals surface area (Å²) >= 11 is 0. The summed E-state index contributed by atoms with van der Waals surface area (Å²) in [6.45, 7) is 5.19. The number of nitrogens with one attached hydrogen (secondary N) is 1. The quantitative estimate of drug-likeness (QED) is 0.802. The smallest absolute Gasteiger partial charge is 0.441 e.